The number of hydrogen-bond acceptors (Lipinski definition) is 4. The average molecular weight is 778 g/mol. The summed E-state index contributed by atoms with van der Waals surface area (Å²) in [6, 6.07) is 11.0. The third-order valence-electron chi connectivity index (χ3n) is 9.68. The van der Waals surface area contributed by atoms with Crippen LogP contribution in [-0.2, 0) is 20.0 Å². The number of amides is 1. The predicted octanol–water partition coefficient (Wildman–Crippen LogP) is 9.59. The molecule has 1 aliphatic rings. The number of ether oxygens (including phenoxy) is 1. The SMILES string of the molecule is Cc1cc(OCCCc2c3n(c4c(-c5c(C)n[nH]c5C)c(Cl)ccc24)CCCN(c2cc(C(=O)O)cc4c2c(Br)cn4C)C3=O)cc(C)c1Cl. The first-order chi connectivity index (χ1) is 23.9. The minimum absolute atomic E-state index is 0.115. The van der Waals surface area contributed by atoms with Crippen LogP contribution in [0.1, 0.15) is 61.8 Å². The van der Waals surface area contributed by atoms with Gasteiger partial charge < -0.3 is 23.9 Å². The van der Waals surface area contributed by atoms with E-state index in [1.54, 1.807) is 17.0 Å². The number of aromatic nitrogens is 4. The Morgan fingerprint density at radius 1 is 1.06 bits per heavy atom. The maximum absolute atomic E-state index is 15.1. The lowest BCUT2D eigenvalue weighted by Gasteiger charge is -2.23. The van der Waals surface area contributed by atoms with Crippen LogP contribution < -0.4 is 9.64 Å². The molecule has 12 heteroatoms. The monoisotopic (exact) mass is 775 g/mol. The van der Waals surface area contributed by atoms with Crippen LogP contribution in [0.2, 0.25) is 10.0 Å². The van der Waals surface area contributed by atoms with Crippen molar-refractivity contribution in [3.8, 4) is 16.9 Å². The molecule has 0 unspecified atom stereocenters. The van der Waals surface area contributed by atoms with Crippen LogP contribution in [0.5, 0.6) is 5.75 Å². The highest BCUT2D eigenvalue weighted by atomic mass is 79.9. The molecule has 7 rings (SSSR count). The lowest BCUT2D eigenvalue weighted by Crippen LogP contribution is -2.32. The number of carboxylic acids is 1. The minimum atomic E-state index is -1.06. The number of aromatic carboxylic acids is 1. The van der Waals surface area contributed by atoms with Crippen LogP contribution >= 0.6 is 39.1 Å². The van der Waals surface area contributed by atoms with Gasteiger partial charge in [0.25, 0.3) is 5.91 Å². The van der Waals surface area contributed by atoms with E-state index in [1.165, 1.54) is 0 Å². The molecule has 4 heterocycles. The minimum Gasteiger partial charge on any atom is -0.494 e. The van der Waals surface area contributed by atoms with E-state index in [2.05, 4.69) is 30.7 Å². The Morgan fingerprint density at radius 3 is 2.48 bits per heavy atom. The van der Waals surface area contributed by atoms with Gasteiger partial charge in [-0.1, -0.05) is 29.3 Å². The number of fused-ring (bicyclic) bond motifs is 4. The molecule has 0 radical (unpaired) electrons. The number of benzene rings is 3. The van der Waals surface area contributed by atoms with Gasteiger partial charge in [-0.05, 0) is 110 Å². The van der Waals surface area contributed by atoms with Crippen LogP contribution in [0.4, 0.5) is 5.69 Å². The number of aryl methyl sites for hydroxylation is 7. The molecule has 2 N–H and O–H groups in total. The van der Waals surface area contributed by atoms with Crippen molar-refractivity contribution in [2.45, 2.75) is 53.5 Å². The number of carbonyl (C=O) groups is 2. The molecular weight excluding hydrogens is 741 g/mol. The molecule has 6 aromatic rings. The largest absolute Gasteiger partial charge is 0.494 e. The second-order valence-electron chi connectivity index (χ2n) is 13.0. The van der Waals surface area contributed by atoms with Crippen molar-refractivity contribution in [1.82, 2.24) is 19.3 Å². The summed E-state index contributed by atoms with van der Waals surface area (Å²) < 4.78 is 11.0. The predicted molar refractivity (Wildman–Crippen MR) is 203 cm³/mol. The summed E-state index contributed by atoms with van der Waals surface area (Å²) in [6.07, 6.45) is 3.73. The molecule has 1 aliphatic heterocycles. The van der Waals surface area contributed by atoms with Gasteiger partial charge in [0.15, 0.2) is 0 Å². The number of nitrogens with one attached hydrogen (secondary N) is 1. The second-order valence-corrected chi connectivity index (χ2v) is 14.7. The zero-order valence-electron chi connectivity index (χ0n) is 28.4. The lowest BCUT2D eigenvalue weighted by atomic mass is 9.98. The summed E-state index contributed by atoms with van der Waals surface area (Å²) in [5, 5.41) is 20.7. The van der Waals surface area contributed by atoms with Gasteiger partial charge in [0.2, 0.25) is 0 Å². The van der Waals surface area contributed by atoms with Crippen molar-refractivity contribution in [3.05, 3.63) is 96.4 Å². The molecule has 3 aromatic heterocycles. The van der Waals surface area contributed by atoms with Gasteiger partial charge in [0.05, 0.1) is 39.6 Å². The van der Waals surface area contributed by atoms with Gasteiger partial charge in [-0.2, -0.15) is 5.10 Å². The maximum Gasteiger partial charge on any atom is 0.335 e. The van der Waals surface area contributed by atoms with Crippen LogP contribution in [-0.4, -0.2) is 49.5 Å². The lowest BCUT2D eigenvalue weighted by molar-refractivity contribution is 0.0696. The number of carboxylic acid groups (broad SMARTS) is 1. The first-order valence-electron chi connectivity index (χ1n) is 16.5. The molecule has 3 aromatic carbocycles. The third-order valence-corrected chi connectivity index (χ3v) is 11.2. The molecular formula is C38H36BrCl2N5O4. The fourth-order valence-electron chi connectivity index (χ4n) is 7.42. The molecule has 258 valence electrons. The van der Waals surface area contributed by atoms with Gasteiger partial charge >= 0.3 is 5.97 Å². The number of halogens is 3. The number of anilines is 1. The van der Waals surface area contributed by atoms with Crippen molar-refractivity contribution in [3.63, 3.8) is 0 Å². The molecule has 9 nitrogen and oxygen atoms in total. The van der Waals surface area contributed by atoms with Crippen LogP contribution in [0.3, 0.4) is 0 Å². The topological polar surface area (TPSA) is 105 Å². The second kappa shape index (κ2) is 13.1. The zero-order chi connectivity index (χ0) is 35.6. The summed E-state index contributed by atoms with van der Waals surface area (Å²) >= 11 is 17.1. The van der Waals surface area contributed by atoms with E-state index in [1.807, 2.05) is 69.8 Å². The van der Waals surface area contributed by atoms with Gasteiger partial charge in [0, 0.05) is 63.4 Å². The van der Waals surface area contributed by atoms with Crippen molar-refractivity contribution < 1.29 is 19.4 Å². The molecule has 0 bridgehead atoms. The van der Waals surface area contributed by atoms with Gasteiger partial charge in [-0.3, -0.25) is 9.89 Å². The number of hydrogen-bond donors (Lipinski definition) is 2. The van der Waals surface area contributed by atoms with E-state index in [0.717, 1.165) is 76.3 Å². The number of H-pyrrole nitrogens is 1. The van der Waals surface area contributed by atoms with Crippen molar-refractivity contribution in [2.75, 3.05) is 18.1 Å². The molecule has 0 aliphatic carbocycles. The molecule has 0 saturated heterocycles. The summed E-state index contributed by atoms with van der Waals surface area (Å²) in [6.45, 7) is 9.24. The number of rotatable bonds is 8. The van der Waals surface area contributed by atoms with E-state index in [9.17, 15) is 9.90 Å². The highest BCUT2D eigenvalue weighted by Crippen LogP contribution is 2.44. The van der Waals surface area contributed by atoms with Crippen molar-refractivity contribution in [1.29, 1.82) is 0 Å². The van der Waals surface area contributed by atoms with Gasteiger partial charge in [0.1, 0.15) is 11.4 Å². The van der Waals surface area contributed by atoms with Crippen LogP contribution in [0, 0.1) is 27.7 Å². The number of carbonyl (C=O) groups excluding carboxylic acids is 1. The average Bonchev–Trinajstić information content (AvgIpc) is 3.63. The molecule has 50 heavy (non-hydrogen) atoms. The Morgan fingerprint density at radius 2 is 1.80 bits per heavy atom. The number of nitrogens with zero attached hydrogens (tertiary/aromatic N) is 4. The Hall–Kier alpha value is -4.25. The molecule has 0 fully saturated rings. The van der Waals surface area contributed by atoms with E-state index in [4.69, 9.17) is 27.9 Å². The first-order valence-corrected chi connectivity index (χ1v) is 18.0. The Balaban J connectivity index is 1.39. The van der Waals surface area contributed by atoms with Crippen LogP contribution in [0.15, 0.2) is 47.1 Å². The molecule has 0 spiro atoms. The van der Waals surface area contributed by atoms with E-state index >= 15 is 4.79 Å². The fraction of sp³-hybridized carbons (Fsp3) is 0.289. The molecule has 1 amide bonds. The van der Waals surface area contributed by atoms with Gasteiger partial charge in [-0.15, -0.1) is 0 Å². The van der Waals surface area contributed by atoms with Gasteiger partial charge in [-0.25, -0.2) is 4.79 Å². The molecule has 0 atom stereocenters. The van der Waals surface area contributed by atoms with E-state index < -0.39 is 5.97 Å². The van der Waals surface area contributed by atoms with Crippen molar-refractivity contribution >= 4 is 78.5 Å². The summed E-state index contributed by atoms with van der Waals surface area (Å²) in [7, 11) is 1.86. The Labute approximate surface area is 307 Å². The van der Waals surface area contributed by atoms with Crippen molar-refractivity contribution in [2.24, 2.45) is 7.05 Å². The van der Waals surface area contributed by atoms with Crippen LogP contribution in [0.25, 0.3) is 32.9 Å². The smallest absolute Gasteiger partial charge is 0.335 e. The standard InChI is InChI=1S/C38H36BrCl2N5O4/c1-19-14-24(15-20(2)34(19)41)50-13-6-8-25-26-9-10-28(40)33(31-21(3)42-43-22(31)4)35(26)46-12-7-11-45(37(47)36(25)46)30-17-23(38(48)49)16-29-32(30)27(39)18-44(29)5/h9-10,14-18H,6-8,11-13H2,1-5H3,(H,42,43)(H,48,49). The Kier molecular flexibility index (Phi) is 8.99. The molecule has 0 saturated carbocycles. The van der Waals surface area contributed by atoms with E-state index in [0.29, 0.717) is 55.4 Å². The summed E-state index contributed by atoms with van der Waals surface area (Å²) in [5.74, 6) is -0.498. The first kappa shape index (κ1) is 34.2. The summed E-state index contributed by atoms with van der Waals surface area (Å²) in [5.41, 5.74) is 9.12. The van der Waals surface area contributed by atoms with E-state index in [-0.39, 0.29) is 11.5 Å². The maximum atomic E-state index is 15.1. The Bertz CT molecular complexity index is 2330. The highest BCUT2D eigenvalue weighted by molar-refractivity contribution is 9.10. The summed E-state index contributed by atoms with van der Waals surface area (Å²) in [4.78, 5) is 29.1. The number of aromatic amines is 1. The third kappa shape index (κ3) is 5.67. The normalized spacial score (nSPS) is 13.4. The zero-order valence-corrected chi connectivity index (χ0v) is 31.5. The fourth-order valence-corrected chi connectivity index (χ4v) is 8.49. The quantitative estimate of drug-likeness (QED) is 0.150. The highest BCUT2D eigenvalue weighted by Gasteiger charge is 2.33.